The zero-order chi connectivity index (χ0) is 25.8. The minimum absolute atomic E-state index is 0.0653. The van der Waals surface area contributed by atoms with E-state index in [-0.39, 0.29) is 23.6 Å². The zero-order valence-corrected chi connectivity index (χ0v) is 21.3. The summed E-state index contributed by atoms with van der Waals surface area (Å²) in [6.07, 6.45) is 5.42. The molecular formula is C23H43N5O5. The molecule has 190 valence electrons. The van der Waals surface area contributed by atoms with Gasteiger partial charge in [0, 0.05) is 25.7 Å². The lowest BCUT2D eigenvalue weighted by Gasteiger charge is -2.35. The van der Waals surface area contributed by atoms with E-state index in [1.54, 1.807) is 0 Å². The molecule has 33 heavy (non-hydrogen) atoms. The molecule has 10 nitrogen and oxygen atoms in total. The Kier molecular flexibility index (Phi) is 12.6. The number of amidine groups is 1. The molecule has 10 heteroatoms. The Morgan fingerprint density at radius 3 is 1.76 bits per heavy atom. The first-order valence-electron chi connectivity index (χ1n) is 11.5. The number of carbonyl (C=O) groups excluding carboxylic acids is 2. The summed E-state index contributed by atoms with van der Waals surface area (Å²) >= 11 is 0. The predicted molar refractivity (Wildman–Crippen MR) is 127 cm³/mol. The molecule has 2 rings (SSSR count). The van der Waals surface area contributed by atoms with Crippen LogP contribution in [0.25, 0.3) is 0 Å². The molecule has 2 heterocycles. The van der Waals surface area contributed by atoms with Crippen LogP contribution >= 0.6 is 0 Å². The van der Waals surface area contributed by atoms with E-state index >= 15 is 0 Å². The van der Waals surface area contributed by atoms with Crippen molar-refractivity contribution in [1.82, 2.24) is 9.80 Å². The fraction of sp³-hybridized carbons (Fsp3) is 0.826. The van der Waals surface area contributed by atoms with Crippen molar-refractivity contribution in [3.63, 3.8) is 0 Å². The first kappa shape index (κ1) is 30.3. The number of nitrogens with two attached hydrogens (primary N) is 1. The first-order chi connectivity index (χ1) is 15.2. The molecule has 3 N–H and O–H groups in total. The van der Waals surface area contributed by atoms with Crippen LogP contribution in [0.15, 0.2) is 5.16 Å². The Balaban J connectivity index is 0.000000586. The van der Waals surface area contributed by atoms with Gasteiger partial charge in [0.15, 0.2) is 5.84 Å². The summed E-state index contributed by atoms with van der Waals surface area (Å²) in [4.78, 5) is 27.1. The fourth-order valence-electron chi connectivity index (χ4n) is 3.53. The molecule has 2 amide bonds. The number of nitriles is 1. The lowest BCUT2D eigenvalue weighted by molar-refractivity contribution is 0.0118. The molecule has 0 aromatic rings. The molecule has 0 aromatic carbocycles. The van der Waals surface area contributed by atoms with Crippen LogP contribution in [0.2, 0.25) is 0 Å². The van der Waals surface area contributed by atoms with E-state index in [4.69, 9.17) is 25.7 Å². The van der Waals surface area contributed by atoms with E-state index in [1.165, 1.54) is 11.3 Å². The zero-order valence-electron chi connectivity index (χ0n) is 21.3. The van der Waals surface area contributed by atoms with Crippen molar-refractivity contribution in [2.45, 2.75) is 110 Å². The van der Waals surface area contributed by atoms with Gasteiger partial charge in [-0.25, -0.2) is 14.9 Å². The van der Waals surface area contributed by atoms with Gasteiger partial charge in [-0.15, -0.1) is 0 Å². The van der Waals surface area contributed by atoms with Crippen LogP contribution in [-0.4, -0.2) is 69.4 Å². The third-order valence-electron chi connectivity index (χ3n) is 5.02. The molecule has 2 aliphatic heterocycles. The SMILES string of the molecule is C#N.CC(C)(C)OC(=O)N1CCCC[C@H]1/C(N)=N/O.C[C@@H]1CCCCN1C(=O)OC(C)(C)C. The summed E-state index contributed by atoms with van der Waals surface area (Å²) in [6, 6.07) is -0.0257. The average Bonchev–Trinajstić information content (AvgIpc) is 2.73. The number of oxime groups is 1. The number of hydrogen-bond acceptors (Lipinski definition) is 7. The number of rotatable bonds is 1. The lowest BCUT2D eigenvalue weighted by atomic mass is 10.0. The minimum atomic E-state index is -0.538. The number of carbonyl (C=O) groups is 2. The van der Waals surface area contributed by atoms with Crippen LogP contribution in [-0.2, 0) is 9.47 Å². The van der Waals surface area contributed by atoms with Crippen molar-refractivity contribution < 1.29 is 24.3 Å². The summed E-state index contributed by atoms with van der Waals surface area (Å²) in [5, 5.41) is 18.2. The normalized spacial score (nSPS) is 21.5. The van der Waals surface area contributed by atoms with E-state index in [2.05, 4.69) is 18.7 Å². The van der Waals surface area contributed by atoms with Gasteiger partial charge < -0.3 is 25.3 Å². The Bertz CT molecular complexity index is 666. The topological polar surface area (TPSA) is 141 Å². The molecule has 2 atom stereocenters. The van der Waals surface area contributed by atoms with E-state index in [1.807, 2.05) is 46.4 Å². The van der Waals surface area contributed by atoms with Crippen molar-refractivity contribution >= 4 is 18.0 Å². The molecule has 0 radical (unpaired) electrons. The lowest BCUT2D eigenvalue weighted by Crippen LogP contribution is -2.51. The average molecular weight is 470 g/mol. The second-order valence-corrected chi connectivity index (χ2v) is 10.2. The van der Waals surface area contributed by atoms with Crippen LogP contribution in [0.3, 0.4) is 0 Å². The van der Waals surface area contributed by atoms with Crippen LogP contribution in [0, 0.1) is 11.8 Å². The summed E-state index contributed by atoms with van der Waals surface area (Å²) in [5.74, 6) is 0.0653. The molecular weight excluding hydrogens is 426 g/mol. The monoisotopic (exact) mass is 469 g/mol. The number of ether oxygens (including phenoxy) is 2. The van der Waals surface area contributed by atoms with Gasteiger partial charge in [-0.2, -0.15) is 0 Å². The third-order valence-corrected chi connectivity index (χ3v) is 5.02. The second-order valence-electron chi connectivity index (χ2n) is 10.2. The molecule has 0 aromatic heterocycles. The Hall–Kier alpha value is -2.70. The molecule has 2 saturated heterocycles. The molecule has 0 spiro atoms. The van der Waals surface area contributed by atoms with Gasteiger partial charge >= 0.3 is 12.2 Å². The number of nitrogens with zero attached hydrogens (tertiary/aromatic N) is 4. The van der Waals surface area contributed by atoms with Crippen LogP contribution < -0.4 is 5.73 Å². The molecule has 0 unspecified atom stereocenters. The molecule has 0 aliphatic carbocycles. The quantitative estimate of drug-likeness (QED) is 0.250. The van der Waals surface area contributed by atoms with Crippen molar-refractivity contribution in [2.24, 2.45) is 10.9 Å². The Morgan fingerprint density at radius 2 is 1.33 bits per heavy atom. The van der Waals surface area contributed by atoms with Crippen LogP contribution in [0.4, 0.5) is 9.59 Å². The Labute approximate surface area is 198 Å². The molecule has 0 saturated carbocycles. The highest BCUT2D eigenvalue weighted by Crippen LogP contribution is 2.21. The maximum Gasteiger partial charge on any atom is 0.410 e. The van der Waals surface area contributed by atoms with Gasteiger partial charge in [0.05, 0.1) is 6.04 Å². The maximum absolute atomic E-state index is 12.0. The van der Waals surface area contributed by atoms with Gasteiger partial charge in [-0.05, 0) is 87.0 Å². The number of amides is 2. The van der Waals surface area contributed by atoms with Gasteiger partial charge in [0.1, 0.15) is 11.2 Å². The number of piperidine rings is 2. The molecule has 0 bridgehead atoms. The fourth-order valence-corrected chi connectivity index (χ4v) is 3.53. The Morgan fingerprint density at radius 1 is 0.909 bits per heavy atom. The maximum atomic E-state index is 12.0. The van der Waals surface area contributed by atoms with Gasteiger partial charge in [-0.1, -0.05) is 5.16 Å². The van der Waals surface area contributed by atoms with Gasteiger partial charge in [0.25, 0.3) is 0 Å². The van der Waals surface area contributed by atoms with Crippen molar-refractivity contribution in [3.05, 3.63) is 0 Å². The standard InChI is InChI=1S/C11H21N3O3.C11H21NO2.CHN/c1-11(2,3)17-10(15)14-7-5-4-6-8(14)9(12)13-16;1-9-7-5-6-8-12(9)10(13)14-11(2,3)4;1-2/h8,16H,4-7H2,1-3H3,(H2,12,13);9H,5-8H2,1-4H3;1H/t8-;9-;/m01./s1. The smallest absolute Gasteiger partial charge is 0.410 e. The van der Waals surface area contributed by atoms with E-state index in [9.17, 15) is 9.59 Å². The van der Waals surface area contributed by atoms with E-state index in [0.717, 1.165) is 32.2 Å². The highest BCUT2D eigenvalue weighted by Gasteiger charge is 2.33. The minimum Gasteiger partial charge on any atom is -0.444 e. The molecule has 2 fully saturated rings. The summed E-state index contributed by atoms with van der Waals surface area (Å²) in [6.45, 7) is 18.2. The largest absolute Gasteiger partial charge is 0.444 e. The highest BCUT2D eigenvalue weighted by molar-refractivity contribution is 5.88. The van der Waals surface area contributed by atoms with Crippen molar-refractivity contribution in [1.29, 1.82) is 5.26 Å². The number of hydrogen-bond donors (Lipinski definition) is 2. The van der Waals surface area contributed by atoms with Crippen LogP contribution in [0.1, 0.15) is 87.0 Å². The third kappa shape index (κ3) is 11.6. The van der Waals surface area contributed by atoms with Crippen molar-refractivity contribution in [2.75, 3.05) is 13.1 Å². The first-order valence-corrected chi connectivity index (χ1v) is 11.5. The summed E-state index contributed by atoms with van der Waals surface area (Å²) < 4.78 is 10.6. The number of likely N-dealkylation sites (tertiary alicyclic amines) is 2. The highest BCUT2D eigenvalue weighted by atomic mass is 16.6. The summed E-state index contributed by atoms with van der Waals surface area (Å²) in [5.41, 5.74) is 4.67. The van der Waals surface area contributed by atoms with Gasteiger partial charge in [0.2, 0.25) is 0 Å². The predicted octanol–water partition coefficient (Wildman–Crippen LogP) is 4.46. The second kappa shape index (κ2) is 13.8. The summed E-state index contributed by atoms with van der Waals surface area (Å²) in [7, 11) is 0. The van der Waals surface area contributed by atoms with Gasteiger partial charge in [-0.3, -0.25) is 4.90 Å². The van der Waals surface area contributed by atoms with Crippen molar-refractivity contribution in [3.8, 4) is 6.57 Å². The van der Waals surface area contributed by atoms with Crippen LogP contribution in [0.5, 0.6) is 0 Å². The molecule has 2 aliphatic rings. The van der Waals surface area contributed by atoms with E-state index in [0.29, 0.717) is 19.0 Å². The van der Waals surface area contributed by atoms with E-state index < -0.39 is 11.7 Å².